The highest BCUT2D eigenvalue weighted by atomic mass is 35.5. The zero-order valence-electron chi connectivity index (χ0n) is 13.8. The maximum absolute atomic E-state index is 12.9. The highest BCUT2D eigenvalue weighted by Gasteiger charge is 2.32. The lowest BCUT2D eigenvalue weighted by atomic mass is 10.1. The fraction of sp³-hybridized carbons (Fsp3) is 0.353. The molecule has 3 heterocycles. The number of aromatic nitrogens is 2. The topological polar surface area (TPSA) is 55.3 Å². The molecule has 0 bridgehead atoms. The van der Waals surface area contributed by atoms with Gasteiger partial charge in [-0.05, 0) is 23.3 Å². The Labute approximate surface area is 158 Å². The molecule has 1 aliphatic heterocycles. The van der Waals surface area contributed by atoms with E-state index >= 15 is 0 Å². The summed E-state index contributed by atoms with van der Waals surface area (Å²) in [5, 5.41) is 0.503. The molecular formula is C17H15Cl2F2N3O2. The van der Waals surface area contributed by atoms with Crippen LogP contribution in [-0.2, 0) is 17.9 Å². The van der Waals surface area contributed by atoms with Crippen molar-refractivity contribution in [1.29, 1.82) is 0 Å². The molecule has 9 heteroatoms. The van der Waals surface area contributed by atoms with Gasteiger partial charge in [0, 0.05) is 38.0 Å². The Morgan fingerprint density at radius 2 is 2.19 bits per heavy atom. The highest BCUT2D eigenvalue weighted by molar-refractivity contribution is 6.31. The molecule has 0 aliphatic carbocycles. The molecule has 1 atom stereocenters. The first-order valence-corrected chi connectivity index (χ1v) is 8.52. The SMILES string of the molecule is CC(F)(F)COc1ncc(CN2Cc3c(ccnc3Cl)C2C=O)cc1Cl. The summed E-state index contributed by atoms with van der Waals surface area (Å²) in [6.45, 7) is 0.785. The van der Waals surface area contributed by atoms with Crippen molar-refractivity contribution in [2.75, 3.05) is 6.61 Å². The normalized spacial score (nSPS) is 17.2. The quantitative estimate of drug-likeness (QED) is 0.539. The number of pyridine rings is 2. The summed E-state index contributed by atoms with van der Waals surface area (Å²) >= 11 is 12.2. The van der Waals surface area contributed by atoms with Gasteiger partial charge in [0.1, 0.15) is 16.5 Å². The molecule has 0 saturated heterocycles. The number of ether oxygens (including phenoxy) is 1. The zero-order chi connectivity index (χ0) is 18.9. The fourth-order valence-electron chi connectivity index (χ4n) is 2.81. The van der Waals surface area contributed by atoms with Crippen molar-refractivity contribution in [1.82, 2.24) is 14.9 Å². The van der Waals surface area contributed by atoms with Crippen LogP contribution >= 0.6 is 23.2 Å². The second-order valence-electron chi connectivity index (χ2n) is 6.14. The van der Waals surface area contributed by atoms with Crippen molar-refractivity contribution in [3.8, 4) is 5.88 Å². The minimum Gasteiger partial charge on any atom is -0.470 e. The van der Waals surface area contributed by atoms with Crippen molar-refractivity contribution in [3.05, 3.63) is 51.4 Å². The number of carbonyl (C=O) groups excluding carboxylic acids is 1. The van der Waals surface area contributed by atoms with Gasteiger partial charge in [-0.25, -0.2) is 18.7 Å². The lowest BCUT2D eigenvalue weighted by Crippen LogP contribution is -2.23. The van der Waals surface area contributed by atoms with E-state index < -0.39 is 18.6 Å². The maximum atomic E-state index is 12.9. The van der Waals surface area contributed by atoms with Crippen LogP contribution in [0.25, 0.3) is 0 Å². The number of hydrogen-bond acceptors (Lipinski definition) is 5. The largest absolute Gasteiger partial charge is 0.470 e. The molecule has 26 heavy (non-hydrogen) atoms. The van der Waals surface area contributed by atoms with E-state index in [9.17, 15) is 13.6 Å². The third-order valence-electron chi connectivity index (χ3n) is 3.95. The summed E-state index contributed by atoms with van der Waals surface area (Å²) in [5.41, 5.74) is 2.36. The summed E-state index contributed by atoms with van der Waals surface area (Å²) in [5.74, 6) is -3.03. The van der Waals surface area contributed by atoms with Crippen LogP contribution in [0.15, 0.2) is 24.5 Å². The predicted octanol–water partition coefficient (Wildman–Crippen LogP) is 4.07. The molecule has 5 nitrogen and oxygen atoms in total. The van der Waals surface area contributed by atoms with Gasteiger partial charge in [-0.1, -0.05) is 23.2 Å². The van der Waals surface area contributed by atoms with Crippen molar-refractivity contribution in [2.45, 2.75) is 32.0 Å². The molecule has 138 valence electrons. The Hall–Kier alpha value is -1.83. The van der Waals surface area contributed by atoms with Crippen LogP contribution < -0.4 is 4.74 Å². The van der Waals surface area contributed by atoms with Gasteiger partial charge in [0.15, 0.2) is 6.61 Å². The number of aldehydes is 1. The Morgan fingerprint density at radius 3 is 2.85 bits per heavy atom. The minimum atomic E-state index is -2.98. The number of rotatable bonds is 6. The number of alkyl halides is 2. The maximum Gasteiger partial charge on any atom is 0.278 e. The van der Waals surface area contributed by atoms with Gasteiger partial charge < -0.3 is 9.53 Å². The average molecular weight is 402 g/mol. The summed E-state index contributed by atoms with van der Waals surface area (Å²) in [6.07, 6.45) is 3.90. The molecule has 0 saturated carbocycles. The lowest BCUT2D eigenvalue weighted by Gasteiger charge is -2.20. The second kappa shape index (κ2) is 7.42. The molecular weight excluding hydrogens is 387 g/mol. The average Bonchev–Trinajstić information content (AvgIpc) is 2.92. The van der Waals surface area contributed by atoms with Crippen LogP contribution in [0.5, 0.6) is 5.88 Å². The minimum absolute atomic E-state index is 0.0548. The van der Waals surface area contributed by atoms with Crippen molar-refractivity contribution in [2.24, 2.45) is 0 Å². The molecule has 2 aromatic rings. The first-order chi connectivity index (χ1) is 12.3. The molecule has 0 fully saturated rings. The van der Waals surface area contributed by atoms with Crippen LogP contribution in [0, 0.1) is 0 Å². The number of fused-ring (bicyclic) bond motifs is 1. The molecule has 1 unspecified atom stereocenters. The summed E-state index contributed by atoms with van der Waals surface area (Å²) in [6, 6.07) is 2.91. The molecule has 0 spiro atoms. The fourth-order valence-corrected chi connectivity index (χ4v) is 3.28. The van der Waals surface area contributed by atoms with Crippen molar-refractivity contribution >= 4 is 29.5 Å². The van der Waals surface area contributed by atoms with Gasteiger partial charge >= 0.3 is 0 Å². The third-order valence-corrected chi connectivity index (χ3v) is 4.55. The summed E-state index contributed by atoms with van der Waals surface area (Å²) in [7, 11) is 0. The predicted molar refractivity (Wildman–Crippen MR) is 92.7 cm³/mol. The molecule has 1 aliphatic rings. The van der Waals surface area contributed by atoms with Gasteiger partial charge in [-0.15, -0.1) is 0 Å². The monoisotopic (exact) mass is 401 g/mol. The van der Waals surface area contributed by atoms with E-state index in [0.29, 0.717) is 23.8 Å². The Balaban J connectivity index is 1.74. The smallest absolute Gasteiger partial charge is 0.278 e. The summed E-state index contributed by atoms with van der Waals surface area (Å²) in [4.78, 5) is 21.5. The number of nitrogens with zero attached hydrogens (tertiary/aromatic N) is 3. The van der Waals surface area contributed by atoms with E-state index in [1.165, 1.54) is 6.20 Å². The van der Waals surface area contributed by atoms with E-state index in [2.05, 4.69) is 9.97 Å². The Kier molecular flexibility index (Phi) is 5.41. The highest BCUT2D eigenvalue weighted by Crippen LogP contribution is 2.36. The first kappa shape index (κ1) is 18.9. The van der Waals surface area contributed by atoms with E-state index in [1.54, 1.807) is 18.3 Å². The van der Waals surface area contributed by atoms with E-state index in [4.69, 9.17) is 27.9 Å². The van der Waals surface area contributed by atoms with E-state index in [1.807, 2.05) is 4.90 Å². The molecule has 0 radical (unpaired) electrons. The number of hydrogen-bond donors (Lipinski definition) is 0. The van der Waals surface area contributed by atoms with Gasteiger partial charge in [0.2, 0.25) is 5.88 Å². The standard InChI is InChI=1S/C17H15Cl2F2N3O2/c1-17(20,21)9-26-16-13(18)4-10(5-23-16)6-24-7-12-11(14(24)8-25)2-3-22-15(12)19/h2-5,8,14H,6-7,9H2,1H3. The molecule has 0 aromatic carbocycles. The zero-order valence-corrected chi connectivity index (χ0v) is 15.3. The van der Waals surface area contributed by atoms with E-state index in [0.717, 1.165) is 24.3 Å². The van der Waals surface area contributed by atoms with Crippen molar-refractivity contribution < 1.29 is 18.3 Å². The van der Waals surface area contributed by atoms with Crippen LogP contribution in [0.1, 0.15) is 29.7 Å². The second-order valence-corrected chi connectivity index (χ2v) is 6.91. The third kappa shape index (κ3) is 4.11. The van der Waals surface area contributed by atoms with Crippen LogP contribution in [0.3, 0.4) is 0 Å². The molecule has 0 amide bonds. The molecule has 0 N–H and O–H groups in total. The molecule has 3 rings (SSSR count). The van der Waals surface area contributed by atoms with Gasteiger partial charge in [0.05, 0.1) is 6.04 Å². The number of halogens is 4. The Bertz CT molecular complexity index is 830. The van der Waals surface area contributed by atoms with Crippen LogP contribution in [0.4, 0.5) is 8.78 Å². The molecule has 2 aromatic heterocycles. The lowest BCUT2D eigenvalue weighted by molar-refractivity contribution is -0.112. The first-order valence-electron chi connectivity index (χ1n) is 7.76. The summed E-state index contributed by atoms with van der Waals surface area (Å²) < 4.78 is 30.7. The van der Waals surface area contributed by atoms with Crippen LogP contribution in [0.2, 0.25) is 10.2 Å². The van der Waals surface area contributed by atoms with E-state index in [-0.39, 0.29) is 10.9 Å². The van der Waals surface area contributed by atoms with Gasteiger partial charge in [-0.3, -0.25) is 4.90 Å². The van der Waals surface area contributed by atoms with Gasteiger partial charge in [0.25, 0.3) is 5.92 Å². The van der Waals surface area contributed by atoms with Gasteiger partial charge in [-0.2, -0.15) is 0 Å². The van der Waals surface area contributed by atoms with Crippen molar-refractivity contribution in [3.63, 3.8) is 0 Å². The number of carbonyl (C=O) groups is 1. The van der Waals surface area contributed by atoms with Crippen LogP contribution in [-0.4, -0.2) is 33.7 Å². The Morgan fingerprint density at radius 1 is 1.42 bits per heavy atom.